The van der Waals surface area contributed by atoms with Gasteiger partial charge in [0.05, 0.1) is 0 Å². The number of hydrogen-bond acceptors (Lipinski definition) is 2. The molecule has 0 bridgehead atoms. The SMILES string of the molecule is CCCNCCCNC(=O)I. The minimum absolute atomic E-state index is 0.0260. The van der Waals surface area contributed by atoms with Gasteiger partial charge in [0.2, 0.25) is 0 Å². The first kappa shape index (κ1) is 11.2. The first-order valence-electron chi connectivity index (χ1n) is 3.91. The predicted octanol–water partition coefficient (Wildman–Crippen LogP) is 1.52. The maximum Gasteiger partial charge on any atom is 0.280 e. The van der Waals surface area contributed by atoms with Gasteiger partial charge in [-0.05, 0) is 25.9 Å². The normalized spacial score (nSPS) is 9.64. The van der Waals surface area contributed by atoms with Gasteiger partial charge in [0, 0.05) is 29.1 Å². The van der Waals surface area contributed by atoms with E-state index < -0.39 is 0 Å². The highest BCUT2D eigenvalue weighted by Crippen LogP contribution is 1.83. The molecule has 0 rings (SSSR count). The van der Waals surface area contributed by atoms with Crippen molar-refractivity contribution >= 4 is 26.5 Å². The molecule has 0 aliphatic carbocycles. The topological polar surface area (TPSA) is 41.1 Å². The molecule has 4 heteroatoms. The standard InChI is InChI=1S/C7H15IN2O/c1-2-4-9-5-3-6-10-7(8)11/h9H,2-6H2,1H3,(H,10,11). The highest BCUT2D eigenvalue weighted by Gasteiger charge is 1.90. The first-order valence-corrected chi connectivity index (χ1v) is 4.99. The molecule has 0 atom stereocenters. The van der Waals surface area contributed by atoms with Crippen molar-refractivity contribution in [2.75, 3.05) is 19.6 Å². The Labute approximate surface area is 81.5 Å². The molecule has 0 aromatic rings. The number of carbonyl (C=O) groups excluding carboxylic acids is 1. The van der Waals surface area contributed by atoms with Crippen LogP contribution in [0.5, 0.6) is 0 Å². The van der Waals surface area contributed by atoms with Crippen LogP contribution in [0.2, 0.25) is 0 Å². The van der Waals surface area contributed by atoms with Gasteiger partial charge in [-0.3, -0.25) is 4.79 Å². The van der Waals surface area contributed by atoms with Crippen LogP contribution < -0.4 is 10.6 Å². The summed E-state index contributed by atoms with van der Waals surface area (Å²) in [5.41, 5.74) is 0. The summed E-state index contributed by atoms with van der Waals surface area (Å²) in [6, 6.07) is 0. The van der Waals surface area contributed by atoms with E-state index in [1.54, 1.807) is 22.6 Å². The first-order chi connectivity index (χ1) is 5.27. The van der Waals surface area contributed by atoms with Crippen LogP contribution in [0.15, 0.2) is 0 Å². The third kappa shape index (κ3) is 10.2. The Morgan fingerprint density at radius 3 is 2.64 bits per heavy atom. The van der Waals surface area contributed by atoms with Crippen molar-refractivity contribution in [1.29, 1.82) is 0 Å². The Bertz CT molecular complexity index is 109. The zero-order chi connectivity index (χ0) is 8.53. The molecule has 0 spiro atoms. The van der Waals surface area contributed by atoms with Gasteiger partial charge in [0.25, 0.3) is 3.91 Å². The van der Waals surface area contributed by atoms with Gasteiger partial charge in [0.1, 0.15) is 0 Å². The molecule has 0 unspecified atom stereocenters. The molecule has 0 saturated carbocycles. The smallest absolute Gasteiger partial charge is 0.280 e. The maximum absolute atomic E-state index is 10.4. The van der Waals surface area contributed by atoms with Gasteiger partial charge in [0.15, 0.2) is 0 Å². The molecule has 0 aromatic heterocycles. The fourth-order valence-corrected chi connectivity index (χ4v) is 0.972. The summed E-state index contributed by atoms with van der Waals surface area (Å²) in [5, 5.41) is 5.99. The van der Waals surface area contributed by atoms with E-state index in [9.17, 15) is 4.79 Å². The number of halogens is 1. The number of nitrogens with one attached hydrogen (secondary N) is 2. The van der Waals surface area contributed by atoms with Gasteiger partial charge >= 0.3 is 0 Å². The maximum atomic E-state index is 10.4. The summed E-state index contributed by atoms with van der Waals surface area (Å²) < 4.78 is 0.0260. The number of rotatable bonds is 6. The fraction of sp³-hybridized carbons (Fsp3) is 0.857. The summed E-state index contributed by atoms with van der Waals surface area (Å²) in [6.07, 6.45) is 2.17. The molecule has 1 amide bonds. The lowest BCUT2D eigenvalue weighted by molar-refractivity contribution is 0.263. The predicted molar refractivity (Wildman–Crippen MR) is 55.2 cm³/mol. The van der Waals surface area contributed by atoms with Crippen LogP contribution in [0.3, 0.4) is 0 Å². The fourth-order valence-electron chi connectivity index (χ4n) is 0.702. The van der Waals surface area contributed by atoms with Crippen LogP contribution in [-0.2, 0) is 0 Å². The van der Waals surface area contributed by atoms with Crippen LogP contribution in [0.1, 0.15) is 19.8 Å². The van der Waals surface area contributed by atoms with E-state index in [0.717, 1.165) is 26.1 Å². The van der Waals surface area contributed by atoms with E-state index in [0.29, 0.717) is 0 Å². The molecule has 3 nitrogen and oxygen atoms in total. The van der Waals surface area contributed by atoms with E-state index in [1.807, 2.05) is 0 Å². The molecule has 66 valence electrons. The van der Waals surface area contributed by atoms with E-state index in [4.69, 9.17) is 0 Å². The van der Waals surface area contributed by atoms with Crippen molar-refractivity contribution in [3.63, 3.8) is 0 Å². The van der Waals surface area contributed by atoms with Gasteiger partial charge < -0.3 is 10.6 Å². The van der Waals surface area contributed by atoms with Crippen LogP contribution in [0.25, 0.3) is 0 Å². The molecule has 0 fully saturated rings. The third-order valence-corrected chi connectivity index (χ3v) is 1.60. The van der Waals surface area contributed by atoms with Crippen LogP contribution in [0, 0.1) is 0 Å². The van der Waals surface area contributed by atoms with E-state index in [2.05, 4.69) is 17.6 Å². The minimum Gasteiger partial charge on any atom is -0.347 e. The number of hydrogen-bond donors (Lipinski definition) is 2. The lowest BCUT2D eigenvalue weighted by Gasteiger charge is -2.02. The number of amides is 1. The third-order valence-electron chi connectivity index (χ3n) is 1.22. The lowest BCUT2D eigenvalue weighted by atomic mass is 10.4. The van der Waals surface area contributed by atoms with Gasteiger partial charge in [-0.2, -0.15) is 0 Å². The summed E-state index contributed by atoms with van der Waals surface area (Å²) in [5.74, 6) is 0. The second-order valence-corrected chi connectivity index (χ2v) is 3.28. The molecule has 11 heavy (non-hydrogen) atoms. The molecule has 0 aliphatic heterocycles. The van der Waals surface area contributed by atoms with E-state index in [1.165, 1.54) is 6.42 Å². The van der Waals surface area contributed by atoms with Crippen molar-refractivity contribution in [3.8, 4) is 0 Å². The molecule has 0 aliphatic rings. The molecule has 0 saturated heterocycles. The summed E-state index contributed by atoms with van der Waals surface area (Å²) in [4.78, 5) is 10.4. The monoisotopic (exact) mass is 270 g/mol. The van der Waals surface area contributed by atoms with Crippen molar-refractivity contribution < 1.29 is 4.79 Å². The highest BCUT2D eigenvalue weighted by molar-refractivity contribution is 14.1. The zero-order valence-corrected chi connectivity index (χ0v) is 8.98. The Morgan fingerprint density at radius 1 is 1.36 bits per heavy atom. The van der Waals surface area contributed by atoms with Gasteiger partial charge in [-0.15, -0.1) is 0 Å². The average Bonchev–Trinajstić information content (AvgIpc) is 1.96. The molecule has 2 N–H and O–H groups in total. The summed E-state index contributed by atoms with van der Waals surface area (Å²) in [6.45, 7) is 4.97. The van der Waals surface area contributed by atoms with Crippen LogP contribution in [0.4, 0.5) is 4.79 Å². The second-order valence-electron chi connectivity index (χ2n) is 2.30. The largest absolute Gasteiger partial charge is 0.347 e. The van der Waals surface area contributed by atoms with E-state index >= 15 is 0 Å². The Balaban J connectivity index is 2.85. The molecule has 0 aromatic carbocycles. The second kappa shape index (κ2) is 8.26. The zero-order valence-electron chi connectivity index (χ0n) is 6.82. The van der Waals surface area contributed by atoms with Crippen molar-refractivity contribution in [2.45, 2.75) is 19.8 Å². The Kier molecular flexibility index (Phi) is 8.38. The van der Waals surface area contributed by atoms with Crippen molar-refractivity contribution in [3.05, 3.63) is 0 Å². The average molecular weight is 270 g/mol. The highest BCUT2D eigenvalue weighted by atomic mass is 127. The van der Waals surface area contributed by atoms with Crippen LogP contribution in [-0.4, -0.2) is 23.5 Å². The van der Waals surface area contributed by atoms with Crippen LogP contribution >= 0.6 is 22.6 Å². The molecule has 0 heterocycles. The summed E-state index contributed by atoms with van der Waals surface area (Å²) >= 11 is 1.74. The molecular formula is C7H15IN2O. The molecule has 0 radical (unpaired) electrons. The van der Waals surface area contributed by atoms with Crippen molar-refractivity contribution in [2.24, 2.45) is 0 Å². The van der Waals surface area contributed by atoms with Crippen molar-refractivity contribution in [1.82, 2.24) is 10.6 Å². The lowest BCUT2D eigenvalue weighted by Crippen LogP contribution is -2.23. The minimum atomic E-state index is 0.0260. The van der Waals surface area contributed by atoms with Gasteiger partial charge in [-0.25, -0.2) is 0 Å². The van der Waals surface area contributed by atoms with Gasteiger partial charge in [-0.1, -0.05) is 6.92 Å². The van der Waals surface area contributed by atoms with E-state index in [-0.39, 0.29) is 3.91 Å². The quantitative estimate of drug-likeness (QED) is 0.332. The summed E-state index contributed by atoms with van der Waals surface area (Å²) in [7, 11) is 0. The Morgan fingerprint density at radius 2 is 2.09 bits per heavy atom. The Hall–Kier alpha value is 0.160. The molecular weight excluding hydrogens is 255 g/mol. The number of carbonyl (C=O) groups is 1.